The van der Waals surface area contributed by atoms with E-state index in [4.69, 9.17) is 5.26 Å². The van der Waals surface area contributed by atoms with Crippen molar-refractivity contribution in [1.82, 2.24) is 0 Å². The maximum atomic E-state index is 12.0. The number of nitriles is 1. The van der Waals surface area contributed by atoms with E-state index >= 15 is 0 Å². The van der Waals surface area contributed by atoms with E-state index in [1.54, 1.807) is 6.08 Å². The average molecular weight is 279 g/mol. The lowest BCUT2D eigenvalue weighted by Gasteiger charge is -2.11. The average Bonchev–Trinajstić information content (AvgIpc) is 2.27. The Morgan fingerprint density at radius 3 is 2.22 bits per heavy atom. The van der Waals surface area contributed by atoms with Crippen LogP contribution in [-0.2, 0) is 9.84 Å². The maximum absolute atomic E-state index is 12.0. The minimum Gasteiger partial charge on any atom is -0.219 e. The van der Waals surface area contributed by atoms with Crippen molar-refractivity contribution in [2.75, 3.05) is 0 Å². The van der Waals surface area contributed by atoms with Crippen molar-refractivity contribution in [3.05, 3.63) is 41.3 Å². The van der Waals surface area contributed by atoms with Gasteiger partial charge >= 0.3 is 0 Å². The molecule has 18 heavy (non-hydrogen) atoms. The van der Waals surface area contributed by atoms with Gasteiger partial charge < -0.3 is 0 Å². The summed E-state index contributed by atoms with van der Waals surface area (Å²) >= 11 is 0. The van der Waals surface area contributed by atoms with Crippen LogP contribution < -0.4 is 0 Å². The predicted molar refractivity (Wildman–Crippen MR) is 75.6 cm³/mol. The number of nitrogens with zero attached hydrogens (tertiary/aromatic N) is 1. The summed E-state index contributed by atoms with van der Waals surface area (Å²) in [5, 5.41) is 9.92. The van der Waals surface area contributed by atoms with Crippen molar-refractivity contribution < 1.29 is 8.42 Å². The summed E-state index contributed by atoms with van der Waals surface area (Å²) in [5.41, 5.74) is 0.458. The zero-order valence-electron chi connectivity index (χ0n) is 10.8. The van der Waals surface area contributed by atoms with E-state index in [1.165, 1.54) is 29.7 Å². The molecule has 0 saturated heterocycles. The number of rotatable bonds is 4. The minimum absolute atomic E-state index is 0.230. The van der Waals surface area contributed by atoms with Crippen LogP contribution >= 0.6 is 0 Å². The molecule has 96 valence electrons. The molecule has 0 aliphatic heterocycles. The fraction of sp³-hybridized carbons (Fsp3) is 0.308. The van der Waals surface area contributed by atoms with Gasteiger partial charge in [0, 0.05) is 13.5 Å². The van der Waals surface area contributed by atoms with Gasteiger partial charge in [-0.25, -0.2) is 8.42 Å². The molecule has 0 radical (unpaired) electrons. The number of hydrogen-bond donors (Lipinski definition) is 0. The second-order valence-electron chi connectivity index (χ2n) is 5.32. The van der Waals surface area contributed by atoms with Gasteiger partial charge in [0.1, 0.15) is 0 Å². The van der Waals surface area contributed by atoms with Gasteiger partial charge in [-0.2, -0.15) is 5.26 Å². The molecule has 0 spiro atoms. The Labute approximate surface area is 110 Å². The van der Waals surface area contributed by atoms with Crippen LogP contribution in [0.4, 0.5) is 0 Å². The molecule has 0 amide bonds. The molecule has 0 N–H and O–H groups in total. The third kappa shape index (κ3) is 4.47. The van der Waals surface area contributed by atoms with E-state index in [0.29, 0.717) is 5.56 Å². The van der Waals surface area contributed by atoms with Crippen LogP contribution in [0.2, 0.25) is 25.7 Å². The van der Waals surface area contributed by atoms with Crippen LogP contribution in [0, 0.1) is 11.3 Å². The standard InChI is InChI=1S/C13H17NO2SSi/c1-18(2,3)10-4-9-17(15,16)13-7-5-12(11-14)6-8-13/h4-9H,10H2,1-3H3/b9-4+. The van der Waals surface area contributed by atoms with Crippen molar-refractivity contribution in [2.45, 2.75) is 30.6 Å². The van der Waals surface area contributed by atoms with E-state index in [2.05, 4.69) is 19.6 Å². The molecule has 0 saturated carbocycles. The molecule has 1 aromatic carbocycles. The van der Waals surface area contributed by atoms with E-state index in [1.807, 2.05) is 6.07 Å². The topological polar surface area (TPSA) is 57.9 Å². The van der Waals surface area contributed by atoms with Gasteiger partial charge in [-0.05, 0) is 30.3 Å². The van der Waals surface area contributed by atoms with Crippen molar-refractivity contribution in [1.29, 1.82) is 5.26 Å². The first-order chi connectivity index (χ1) is 8.24. The van der Waals surface area contributed by atoms with Crippen LogP contribution in [0.15, 0.2) is 40.6 Å². The Bertz CT molecular complexity index is 575. The summed E-state index contributed by atoms with van der Waals surface area (Å²) in [6.45, 7) is 6.56. The maximum Gasteiger partial charge on any atom is 0.199 e. The fourth-order valence-corrected chi connectivity index (χ4v) is 3.34. The second-order valence-corrected chi connectivity index (χ2v) is 12.7. The third-order valence-corrected chi connectivity index (χ3v) is 5.26. The highest BCUT2D eigenvalue weighted by molar-refractivity contribution is 7.94. The van der Waals surface area contributed by atoms with Crippen molar-refractivity contribution in [3.8, 4) is 6.07 Å². The molecular formula is C13H17NO2SSi. The van der Waals surface area contributed by atoms with Crippen LogP contribution in [0.25, 0.3) is 0 Å². The highest BCUT2D eigenvalue weighted by Crippen LogP contribution is 2.15. The molecule has 1 rings (SSSR count). The Balaban J connectivity index is 2.90. The summed E-state index contributed by atoms with van der Waals surface area (Å²) in [7, 11) is -4.64. The van der Waals surface area contributed by atoms with Crippen molar-refractivity contribution in [3.63, 3.8) is 0 Å². The van der Waals surface area contributed by atoms with Gasteiger partial charge in [0.05, 0.1) is 16.5 Å². The quantitative estimate of drug-likeness (QED) is 0.795. The molecule has 0 aliphatic carbocycles. The Morgan fingerprint density at radius 2 is 1.78 bits per heavy atom. The molecule has 0 heterocycles. The van der Waals surface area contributed by atoms with Gasteiger partial charge in [0.25, 0.3) is 0 Å². The minimum atomic E-state index is -3.38. The van der Waals surface area contributed by atoms with Crippen molar-refractivity contribution >= 4 is 17.9 Å². The van der Waals surface area contributed by atoms with Gasteiger partial charge in [-0.3, -0.25) is 0 Å². The summed E-state index contributed by atoms with van der Waals surface area (Å²) in [4.78, 5) is 0.230. The van der Waals surface area contributed by atoms with Crippen molar-refractivity contribution in [2.24, 2.45) is 0 Å². The van der Waals surface area contributed by atoms with E-state index < -0.39 is 17.9 Å². The first kappa shape index (κ1) is 14.7. The van der Waals surface area contributed by atoms with Gasteiger partial charge in [0.2, 0.25) is 0 Å². The highest BCUT2D eigenvalue weighted by Gasteiger charge is 2.13. The molecule has 0 bridgehead atoms. The predicted octanol–water partition coefficient (Wildman–Crippen LogP) is 3.18. The number of sulfone groups is 1. The first-order valence-corrected chi connectivity index (χ1v) is 10.9. The number of allylic oxidation sites excluding steroid dienone is 1. The van der Waals surface area contributed by atoms with Crippen LogP contribution in [0.1, 0.15) is 5.56 Å². The third-order valence-electron chi connectivity index (χ3n) is 2.32. The molecule has 0 atom stereocenters. The zero-order valence-corrected chi connectivity index (χ0v) is 12.7. The van der Waals surface area contributed by atoms with E-state index in [0.717, 1.165) is 6.04 Å². The highest BCUT2D eigenvalue weighted by atomic mass is 32.2. The first-order valence-electron chi connectivity index (χ1n) is 5.66. The van der Waals surface area contributed by atoms with Crippen LogP contribution in [0.5, 0.6) is 0 Å². The molecule has 3 nitrogen and oxygen atoms in total. The number of benzene rings is 1. The smallest absolute Gasteiger partial charge is 0.199 e. The lowest BCUT2D eigenvalue weighted by molar-refractivity contribution is 0.604. The molecule has 0 aromatic heterocycles. The van der Waals surface area contributed by atoms with Gasteiger partial charge in [-0.1, -0.05) is 25.7 Å². The van der Waals surface area contributed by atoms with E-state index in [9.17, 15) is 8.42 Å². The SMILES string of the molecule is C[Si](C)(C)C/C=C/S(=O)(=O)c1ccc(C#N)cc1. The summed E-state index contributed by atoms with van der Waals surface area (Å²) < 4.78 is 23.9. The molecule has 0 aliphatic rings. The molecule has 5 heteroatoms. The molecule has 0 fully saturated rings. The lowest BCUT2D eigenvalue weighted by atomic mass is 10.2. The van der Waals surface area contributed by atoms with Crippen LogP contribution in [0.3, 0.4) is 0 Å². The summed E-state index contributed by atoms with van der Waals surface area (Å²) in [5.74, 6) is 0. The van der Waals surface area contributed by atoms with Gasteiger partial charge in [0.15, 0.2) is 9.84 Å². The zero-order chi connectivity index (χ0) is 13.8. The van der Waals surface area contributed by atoms with E-state index in [-0.39, 0.29) is 4.90 Å². The number of hydrogen-bond acceptors (Lipinski definition) is 3. The normalized spacial score (nSPS) is 12.6. The molecule has 1 aromatic rings. The monoisotopic (exact) mass is 279 g/mol. The second kappa shape index (κ2) is 5.51. The summed E-state index contributed by atoms with van der Waals surface area (Å²) in [6.07, 6.45) is 1.74. The Hall–Kier alpha value is -1.38. The van der Waals surface area contributed by atoms with Crippen LogP contribution in [-0.4, -0.2) is 16.5 Å². The molecular weight excluding hydrogens is 262 g/mol. The molecule has 0 unspecified atom stereocenters. The Kier molecular flexibility index (Phi) is 4.49. The summed E-state index contributed by atoms with van der Waals surface area (Å²) in [6, 6.07) is 8.75. The largest absolute Gasteiger partial charge is 0.219 e. The Morgan fingerprint density at radius 1 is 1.22 bits per heavy atom. The van der Waals surface area contributed by atoms with Gasteiger partial charge in [-0.15, -0.1) is 0 Å². The fourth-order valence-electron chi connectivity index (χ4n) is 1.33. The lowest BCUT2D eigenvalue weighted by Crippen LogP contribution is -2.17.